The third kappa shape index (κ3) is 11.7. The monoisotopic (exact) mass is 636 g/mol. The summed E-state index contributed by atoms with van der Waals surface area (Å²) in [5.74, 6) is 3.41. The second-order valence-electron chi connectivity index (χ2n) is 13.1. The van der Waals surface area contributed by atoms with Crippen molar-refractivity contribution < 1.29 is 13.6 Å². The molecule has 0 bridgehead atoms. The molecule has 0 unspecified atom stereocenters. The van der Waals surface area contributed by atoms with Crippen molar-refractivity contribution in [2.24, 2.45) is 11.8 Å². The van der Waals surface area contributed by atoms with Crippen LogP contribution in [0.25, 0.3) is 0 Å². The lowest BCUT2D eigenvalue weighted by atomic mass is 9.82. The lowest BCUT2D eigenvalue weighted by molar-refractivity contribution is 0.184. The van der Waals surface area contributed by atoms with Crippen LogP contribution in [0.15, 0.2) is 6.07 Å². The molecule has 1 aromatic rings. The Labute approximate surface area is 266 Å². The zero-order valence-corrected chi connectivity index (χ0v) is 28.7. The van der Waals surface area contributed by atoms with Crippen LogP contribution in [0, 0.1) is 11.8 Å². The summed E-state index contributed by atoms with van der Waals surface area (Å²) < 4.78 is 23.9. The molecular weight excluding hydrogens is 575 g/mol. The van der Waals surface area contributed by atoms with E-state index in [2.05, 4.69) is 37.7 Å². The minimum Gasteiger partial charge on any atom is -0.383 e. The van der Waals surface area contributed by atoms with Crippen molar-refractivity contribution in [3.8, 4) is 0 Å². The van der Waals surface area contributed by atoms with Gasteiger partial charge in [-0.2, -0.15) is 9.97 Å². The summed E-state index contributed by atoms with van der Waals surface area (Å²) in [6, 6.07) is 2.91. The highest BCUT2D eigenvalue weighted by atomic mass is 31.2. The molecule has 2 aliphatic carbocycles. The second kappa shape index (κ2) is 18.6. The Morgan fingerprint density at radius 2 is 1.66 bits per heavy atom. The van der Waals surface area contributed by atoms with E-state index in [1.165, 1.54) is 64.2 Å². The van der Waals surface area contributed by atoms with E-state index in [0.29, 0.717) is 43.6 Å². The van der Waals surface area contributed by atoms with Crippen molar-refractivity contribution >= 4 is 25.2 Å². The van der Waals surface area contributed by atoms with Crippen LogP contribution in [-0.2, 0) is 13.6 Å². The number of rotatable bonds is 18. The summed E-state index contributed by atoms with van der Waals surface area (Å²) in [7, 11) is -3.04. The summed E-state index contributed by atoms with van der Waals surface area (Å²) >= 11 is 0. The zero-order chi connectivity index (χ0) is 31.2. The fourth-order valence-electron chi connectivity index (χ4n) is 7.05. The van der Waals surface area contributed by atoms with E-state index < -0.39 is 7.60 Å². The van der Waals surface area contributed by atoms with Crippen LogP contribution in [0.2, 0.25) is 0 Å². The van der Waals surface area contributed by atoms with Crippen molar-refractivity contribution in [2.75, 3.05) is 87.7 Å². The fourth-order valence-corrected chi connectivity index (χ4v) is 8.67. The molecule has 0 radical (unpaired) electrons. The number of hydrogen-bond acceptors (Lipinski definition) is 11. The Balaban J connectivity index is 1.13. The summed E-state index contributed by atoms with van der Waals surface area (Å²) in [6.07, 6.45) is 13.7. The Kier molecular flexibility index (Phi) is 15.0. The molecule has 252 valence electrons. The second-order valence-corrected chi connectivity index (χ2v) is 15.3. The van der Waals surface area contributed by atoms with Crippen molar-refractivity contribution in [2.45, 2.75) is 97.1 Å². The highest BCUT2D eigenvalue weighted by Gasteiger charge is 2.30. The number of anilines is 3. The molecule has 44 heavy (non-hydrogen) atoms. The quantitative estimate of drug-likeness (QED) is 0.129. The first-order valence-corrected chi connectivity index (χ1v) is 19.3. The van der Waals surface area contributed by atoms with Crippen LogP contribution in [0.1, 0.15) is 85.0 Å². The first-order chi connectivity index (χ1) is 21.4. The molecule has 2 heterocycles. The van der Waals surface area contributed by atoms with Crippen molar-refractivity contribution in [3.05, 3.63) is 6.07 Å². The Bertz CT molecular complexity index is 996. The highest BCUT2D eigenvalue weighted by Crippen LogP contribution is 2.47. The Morgan fingerprint density at radius 1 is 0.955 bits per heavy atom. The van der Waals surface area contributed by atoms with E-state index in [1.54, 1.807) is 0 Å². The fraction of sp³-hybridized carbons (Fsp3) is 0.875. The van der Waals surface area contributed by atoms with Crippen LogP contribution in [0.5, 0.6) is 0 Å². The van der Waals surface area contributed by atoms with Gasteiger partial charge in [-0.3, -0.25) is 9.46 Å². The molecule has 1 aromatic heterocycles. The molecule has 1 aliphatic heterocycles. The lowest BCUT2D eigenvalue weighted by Gasteiger charge is -2.40. The van der Waals surface area contributed by atoms with Gasteiger partial charge in [0, 0.05) is 50.9 Å². The normalized spacial score (nSPS) is 24.1. The van der Waals surface area contributed by atoms with Gasteiger partial charge in [0.15, 0.2) is 0 Å². The van der Waals surface area contributed by atoms with Crippen LogP contribution in [0.3, 0.4) is 0 Å². The van der Waals surface area contributed by atoms with Crippen molar-refractivity contribution in [1.82, 2.24) is 25.5 Å². The Morgan fingerprint density at radius 3 is 2.34 bits per heavy atom. The van der Waals surface area contributed by atoms with E-state index in [9.17, 15) is 4.57 Å². The van der Waals surface area contributed by atoms with E-state index in [0.717, 1.165) is 63.6 Å². The molecular formula is C32H61N8O3P. The zero-order valence-electron chi connectivity index (χ0n) is 27.8. The molecule has 0 spiro atoms. The van der Waals surface area contributed by atoms with Gasteiger partial charge in [-0.05, 0) is 97.2 Å². The molecule has 5 N–H and O–H groups in total. The summed E-state index contributed by atoms with van der Waals surface area (Å²) in [5.41, 5.74) is 6.22. The molecule has 3 aliphatic rings. The Hall–Kier alpha value is -1.49. The van der Waals surface area contributed by atoms with Crippen LogP contribution >= 0.6 is 7.60 Å². The van der Waals surface area contributed by atoms with Crippen LogP contribution in [-0.4, -0.2) is 98.7 Å². The average Bonchev–Trinajstić information content (AvgIpc) is 3.02. The van der Waals surface area contributed by atoms with Gasteiger partial charge in [-0.15, -0.1) is 0 Å². The standard InChI is InChI=1S/C32H61N8O3P/c1-4-42-44(41,43-5-2)21-20-39-18-19-40(25-26(39)3)31-22-30(33)37-32(38-31)36-24-28-14-12-27(13-15-28)23-34-16-9-17-35-29-10-7-6-8-11-29/h22,26-29,34-35H,4-21,23-25H2,1-3H3,(H3,33,36,37,38)/t26-,27?,28?/m1/s1. The topological polar surface area (TPSA) is 130 Å². The van der Waals surface area contributed by atoms with Crippen LogP contribution in [0.4, 0.5) is 17.6 Å². The first kappa shape index (κ1) is 35.4. The third-order valence-corrected chi connectivity index (χ3v) is 11.7. The van der Waals surface area contributed by atoms with Crippen molar-refractivity contribution in [1.29, 1.82) is 0 Å². The molecule has 4 rings (SSSR count). The van der Waals surface area contributed by atoms with Gasteiger partial charge < -0.3 is 35.6 Å². The minimum absolute atomic E-state index is 0.274. The van der Waals surface area contributed by atoms with E-state index >= 15 is 0 Å². The average molecular weight is 637 g/mol. The summed E-state index contributed by atoms with van der Waals surface area (Å²) in [5, 5.41) is 11.0. The summed E-state index contributed by atoms with van der Waals surface area (Å²) in [6.45, 7) is 14.2. The van der Waals surface area contributed by atoms with E-state index in [4.69, 9.17) is 19.8 Å². The minimum atomic E-state index is -3.04. The largest absolute Gasteiger partial charge is 0.383 e. The van der Waals surface area contributed by atoms with Gasteiger partial charge >= 0.3 is 7.60 Å². The molecule has 11 nitrogen and oxygen atoms in total. The van der Waals surface area contributed by atoms with Gasteiger partial charge in [0.05, 0.1) is 19.4 Å². The maximum absolute atomic E-state index is 12.9. The lowest BCUT2D eigenvalue weighted by Crippen LogP contribution is -2.52. The molecule has 0 aromatic carbocycles. The number of nitrogen functional groups attached to an aromatic ring is 1. The predicted octanol–water partition coefficient (Wildman–Crippen LogP) is 4.96. The van der Waals surface area contributed by atoms with Crippen LogP contribution < -0.4 is 26.6 Å². The molecule has 2 saturated carbocycles. The van der Waals surface area contributed by atoms with E-state index in [1.807, 2.05) is 19.9 Å². The van der Waals surface area contributed by atoms with Gasteiger partial charge in [0.1, 0.15) is 11.6 Å². The van der Waals surface area contributed by atoms with E-state index in [-0.39, 0.29) is 6.04 Å². The number of nitrogens with one attached hydrogen (secondary N) is 3. The third-order valence-electron chi connectivity index (χ3n) is 9.65. The number of nitrogens with zero attached hydrogens (tertiary/aromatic N) is 4. The number of aromatic nitrogens is 2. The highest BCUT2D eigenvalue weighted by molar-refractivity contribution is 7.53. The molecule has 12 heteroatoms. The van der Waals surface area contributed by atoms with Gasteiger partial charge in [0.2, 0.25) is 5.95 Å². The smallest absolute Gasteiger partial charge is 0.331 e. The number of nitrogens with two attached hydrogens (primary N) is 1. The SMILES string of the molecule is CCOP(=O)(CCN1CCN(c2cc(N)nc(NCC3CCC(CNCCCNC4CCCCC4)CC3)n2)C[C@H]1C)OCC. The van der Waals surface area contributed by atoms with Gasteiger partial charge in [-0.25, -0.2) is 0 Å². The molecule has 3 fully saturated rings. The number of piperazine rings is 1. The molecule has 1 saturated heterocycles. The molecule has 1 atom stereocenters. The number of hydrogen-bond donors (Lipinski definition) is 4. The first-order valence-electron chi connectivity index (χ1n) is 17.6. The van der Waals surface area contributed by atoms with Gasteiger partial charge in [-0.1, -0.05) is 19.3 Å². The summed E-state index contributed by atoms with van der Waals surface area (Å²) in [4.78, 5) is 14.0. The maximum Gasteiger partial charge on any atom is 0.331 e. The van der Waals surface area contributed by atoms with Crippen molar-refractivity contribution in [3.63, 3.8) is 0 Å². The van der Waals surface area contributed by atoms with Gasteiger partial charge in [0.25, 0.3) is 0 Å². The predicted molar refractivity (Wildman–Crippen MR) is 182 cm³/mol. The maximum atomic E-state index is 12.9. The molecule has 0 amide bonds.